The van der Waals surface area contributed by atoms with E-state index in [1.54, 1.807) is 24.1 Å². The first kappa shape index (κ1) is 20.1. The summed E-state index contributed by atoms with van der Waals surface area (Å²) in [5.74, 6) is -1.37. The van der Waals surface area contributed by atoms with Crippen LogP contribution < -0.4 is 10.4 Å². The molecule has 2 rings (SSSR count). The van der Waals surface area contributed by atoms with Gasteiger partial charge in [-0.2, -0.15) is 0 Å². The number of hydrogen-bond acceptors (Lipinski definition) is 5. The van der Waals surface area contributed by atoms with Crippen molar-refractivity contribution in [3.05, 3.63) is 36.3 Å². The molecule has 0 aliphatic heterocycles. The second-order valence-electron chi connectivity index (χ2n) is 6.49. The number of nitrogens with one attached hydrogen (secondary N) is 1. The van der Waals surface area contributed by atoms with Crippen LogP contribution in [0.3, 0.4) is 0 Å². The number of aromatic nitrogens is 1. The molecule has 1 aromatic carbocycles. The Morgan fingerprint density at radius 1 is 1.35 bits per heavy atom. The third-order valence-electron chi connectivity index (χ3n) is 4.53. The molecular weight excluding hydrogens is 337 g/mol. The van der Waals surface area contributed by atoms with E-state index >= 15 is 0 Å². The fraction of sp³-hybridized carbons (Fsp3) is 0.474. The molecule has 6 nitrogen and oxygen atoms in total. The van der Waals surface area contributed by atoms with Gasteiger partial charge in [-0.25, -0.2) is 14.6 Å². The number of aliphatic hydroxyl groups excluding tert-OH is 1. The van der Waals surface area contributed by atoms with Gasteiger partial charge in [-0.3, -0.25) is 9.99 Å². The Bertz CT molecular complexity index is 756. The molecule has 0 saturated carbocycles. The maximum absolute atomic E-state index is 13.5. The summed E-state index contributed by atoms with van der Waals surface area (Å²) in [6.07, 6.45) is 4.63. The number of aliphatic hydroxyl groups is 1. The highest BCUT2D eigenvalue weighted by Gasteiger charge is 2.40. The van der Waals surface area contributed by atoms with Crippen molar-refractivity contribution in [2.24, 2.45) is 0 Å². The molecule has 0 radical (unpaired) electrons. The Labute approximate surface area is 152 Å². The van der Waals surface area contributed by atoms with E-state index in [1.165, 1.54) is 18.3 Å². The van der Waals surface area contributed by atoms with Crippen molar-refractivity contribution in [1.82, 2.24) is 10.4 Å². The minimum atomic E-state index is -1.23. The topological polar surface area (TPSA) is 85.7 Å². The van der Waals surface area contributed by atoms with Crippen molar-refractivity contribution in [1.29, 1.82) is 0 Å². The van der Waals surface area contributed by atoms with Gasteiger partial charge in [0, 0.05) is 24.2 Å². The molecule has 0 amide bonds. The van der Waals surface area contributed by atoms with Gasteiger partial charge in [0.1, 0.15) is 5.82 Å². The normalized spacial score (nSPS) is 13.5. The fourth-order valence-electron chi connectivity index (χ4n) is 3.02. The molecule has 7 heteroatoms. The maximum Gasteiger partial charge on any atom is 0.330 e. The van der Waals surface area contributed by atoms with Gasteiger partial charge in [0.15, 0.2) is 5.54 Å². The van der Waals surface area contributed by atoms with E-state index in [1.807, 2.05) is 0 Å². The summed E-state index contributed by atoms with van der Waals surface area (Å²) in [5, 5.41) is 21.4. The lowest BCUT2D eigenvalue weighted by Gasteiger charge is -2.40. The second kappa shape index (κ2) is 8.91. The summed E-state index contributed by atoms with van der Waals surface area (Å²) in [7, 11) is 0. The minimum absolute atomic E-state index is 0.140. The monoisotopic (exact) mass is 363 g/mol. The molecule has 1 heterocycles. The number of carboxylic acid groups (broad SMARTS) is 1. The summed E-state index contributed by atoms with van der Waals surface area (Å²) in [6, 6.07) is 5.94. The molecule has 0 aliphatic carbocycles. The first-order chi connectivity index (χ1) is 12.4. The third-order valence-corrected chi connectivity index (χ3v) is 4.53. The highest BCUT2D eigenvalue weighted by molar-refractivity contribution is 5.94. The van der Waals surface area contributed by atoms with Crippen LogP contribution in [0.1, 0.15) is 39.5 Å². The summed E-state index contributed by atoms with van der Waals surface area (Å²) < 4.78 is 13.5. The number of nitrogens with zero attached hydrogens (tertiary/aromatic N) is 2. The lowest BCUT2D eigenvalue weighted by atomic mass is 9.92. The van der Waals surface area contributed by atoms with Crippen LogP contribution in [0, 0.1) is 5.82 Å². The van der Waals surface area contributed by atoms with E-state index in [0.29, 0.717) is 23.0 Å². The van der Waals surface area contributed by atoms with Gasteiger partial charge in [-0.05, 0) is 31.5 Å². The van der Waals surface area contributed by atoms with E-state index in [9.17, 15) is 19.4 Å². The summed E-state index contributed by atoms with van der Waals surface area (Å²) in [5.41, 5.74) is 2.83. The Hall–Kier alpha value is -2.25. The summed E-state index contributed by atoms with van der Waals surface area (Å²) in [6.45, 7) is 3.77. The zero-order valence-corrected chi connectivity index (χ0v) is 15.2. The van der Waals surface area contributed by atoms with E-state index in [4.69, 9.17) is 0 Å². The molecule has 1 aromatic heterocycles. The fourth-order valence-corrected chi connectivity index (χ4v) is 3.02. The van der Waals surface area contributed by atoms with E-state index in [0.717, 1.165) is 19.3 Å². The quantitative estimate of drug-likeness (QED) is 0.444. The molecule has 26 heavy (non-hydrogen) atoms. The molecule has 3 N–H and O–H groups in total. The van der Waals surface area contributed by atoms with E-state index in [-0.39, 0.29) is 13.2 Å². The Balaban J connectivity index is 2.53. The SMILES string of the molecule is CCCCCC(C)(C(=O)O)N(NCCO)c1ccnc2cc(F)ccc12. The number of aliphatic carboxylic acids is 1. The smallest absolute Gasteiger partial charge is 0.330 e. The van der Waals surface area contributed by atoms with Gasteiger partial charge in [0.05, 0.1) is 17.8 Å². The number of rotatable bonds is 10. The van der Waals surface area contributed by atoms with Crippen molar-refractivity contribution < 1.29 is 19.4 Å². The largest absolute Gasteiger partial charge is 0.479 e. The number of halogens is 1. The van der Waals surface area contributed by atoms with Gasteiger partial charge < -0.3 is 10.2 Å². The molecule has 0 saturated heterocycles. The van der Waals surface area contributed by atoms with Crippen molar-refractivity contribution in [2.75, 3.05) is 18.2 Å². The average molecular weight is 363 g/mol. The molecular formula is C19H26FN3O3. The number of benzene rings is 1. The van der Waals surface area contributed by atoms with Gasteiger partial charge in [-0.15, -0.1) is 0 Å². The van der Waals surface area contributed by atoms with Gasteiger partial charge in [-0.1, -0.05) is 26.2 Å². The van der Waals surface area contributed by atoms with Crippen molar-refractivity contribution in [3.63, 3.8) is 0 Å². The Morgan fingerprint density at radius 3 is 2.77 bits per heavy atom. The van der Waals surface area contributed by atoms with Crippen LogP contribution in [0.25, 0.3) is 10.9 Å². The maximum atomic E-state index is 13.5. The molecule has 2 aromatic rings. The predicted octanol–water partition coefficient (Wildman–Crippen LogP) is 3.10. The highest BCUT2D eigenvalue weighted by atomic mass is 19.1. The number of carbonyl (C=O) groups is 1. The standard InChI is InChI=1S/C19H26FN3O3/c1-3-4-5-9-19(2,18(25)26)23(22-11-12-24)17-8-10-21-16-13-14(20)6-7-15(16)17/h6-8,10,13,22,24H,3-5,9,11-12H2,1-2H3,(H,25,26). The number of carboxylic acids is 1. The lowest BCUT2D eigenvalue weighted by Crippen LogP contribution is -2.59. The lowest BCUT2D eigenvalue weighted by molar-refractivity contribution is -0.143. The zero-order chi connectivity index (χ0) is 19.2. The minimum Gasteiger partial charge on any atom is -0.479 e. The Kier molecular flexibility index (Phi) is 6.88. The van der Waals surface area contributed by atoms with Crippen molar-refractivity contribution in [2.45, 2.75) is 45.1 Å². The highest BCUT2D eigenvalue weighted by Crippen LogP contribution is 2.32. The van der Waals surface area contributed by atoms with Crippen LogP contribution in [0.2, 0.25) is 0 Å². The first-order valence-corrected chi connectivity index (χ1v) is 8.86. The molecule has 1 unspecified atom stereocenters. The number of fused-ring (bicyclic) bond motifs is 1. The second-order valence-corrected chi connectivity index (χ2v) is 6.49. The predicted molar refractivity (Wildman–Crippen MR) is 99.5 cm³/mol. The van der Waals surface area contributed by atoms with E-state index < -0.39 is 17.3 Å². The van der Waals surface area contributed by atoms with E-state index in [2.05, 4.69) is 17.3 Å². The van der Waals surface area contributed by atoms with Gasteiger partial charge in [0.2, 0.25) is 0 Å². The molecule has 0 fully saturated rings. The number of unbranched alkanes of at least 4 members (excludes halogenated alkanes) is 2. The zero-order valence-electron chi connectivity index (χ0n) is 15.2. The molecule has 0 spiro atoms. The van der Waals surface area contributed by atoms with Crippen LogP contribution in [-0.2, 0) is 4.79 Å². The van der Waals surface area contributed by atoms with Crippen LogP contribution in [0.15, 0.2) is 30.5 Å². The van der Waals surface area contributed by atoms with Crippen LogP contribution in [0.5, 0.6) is 0 Å². The molecule has 142 valence electrons. The van der Waals surface area contributed by atoms with Crippen LogP contribution >= 0.6 is 0 Å². The average Bonchev–Trinajstić information content (AvgIpc) is 2.61. The third kappa shape index (κ3) is 4.28. The number of hydrogen-bond donors (Lipinski definition) is 3. The number of pyridine rings is 1. The molecule has 0 aliphatic rings. The molecule has 1 atom stereocenters. The summed E-state index contributed by atoms with van der Waals surface area (Å²) in [4.78, 5) is 16.3. The Morgan fingerprint density at radius 2 is 2.12 bits per heavy atom. The van der Waals surface area contributed by atoms with Crippen molar-refractivity contribution in [3.8, 4) is 0 Å². The van der Waals surface area contributed by atoms with Gasteiger partial charge >= 0.3 is 5.97 Å². The van der Waals surface area contributed by atoms with Crippen LogP contribution in [0.4, 0.5) is 10.1 Å². The van der Waals surface area contributed by atoms with Crippen molar-refractivity contribution >= 4 is 22.6 Å². The van der Waals surface area contributed by atoms with Gasteiger partial charge in [0.25, 0.3) is 0 Å². The van der Waals surface area contributed by atoms with Crippen LogP contribution in [-0.4, -0.2) is 39.9 Å². The first-order valence-electron chi connectivity index (χ1n) is 8.86. The molecule has 0 bridgehead atoms. The summed E-state index contributed by atoms with van der Waals surface area (Å²) >= 11 is 0. The number of hydrazine groups is 1. The number of anilines is 1.